The number of rotatable bonds is 5. The number of aromatic hydroxyl groups is 1. The summed E-state index contributed by atoms with van der Waals surface area (Å²) in [6.45, 7) is 2.81. The van der Waals surface area contributed by atoms with Crippen LogP contribution in [0.2, 0.25) is 0 Å². The van der Waals surface area contributed by atoms with Crippen molar-refractivity contribution in [3.63, 3.8) is 0 Å². The molecule has 5 heteroatoms. The molecule has 1 unspecified atom stereocenters. The number of fused-ring (bicyclic) bond motifs is 10. The molecular weight excluding hydrogens is 400 g/mol. The molecule has 1 aliphatic rings. The Morgan fingerprint density at radius 1 is 1.09 bits per heavy atom. The second kappa shape index (κ2) is 7.12. The van der Waals surface area contributed by atoms with Gasteiger partial charge >= 0.3 is 0 Å². The van der Waals surface area contributed by atoms with Crippen LogP contribution < -0.4 is 0 Å². The minimum Gasteiger partial charge on any atom is -0.494 e. The zero-order chi connectivity index (χ0) is 22.0. The van der Waals surface area contributed by atoms with Crippen LogP contribution in [-0.4, -0.2) is 31.5 Å². The maximum atomic E-state index is 10.8. The van der Waals surface area contributed by atoms with Crippen molar-refractivity contribution in [1.29, 1.82) is 0 Å². The maximum absolute atomic E-state index is 10.8. The third kappa shape index (κ3) is 2.52. The van der Waals surface area contributed by atoms with Crippen molar-refractivity contribution in [1.82, 2.24) is 9.55 Å². The average molecular weight is 427 g/mol. The minimum atomic E-state index is -0.510. The highest BCUT2D eigenvalue weighted by atomic mass is 16.3. The quantitative estimate of drug-likeness (QED) is 0.299. The minimum absolute atomic E-state index is 0.128. The maximum Gasteiger partial charge on any atom is 0.197 e. The number of aromatic amines is 1. The summed E-state index contributed by atoms with van der Waals surface area (Å²) in [6.07, 6.45) is 3.51. The largest absolute Gasteiger partial charge is 0.494 e. The fourth-order valence-electron chi connectivity index (χ4n) is 5.57. The molecule has 32 heavy (non-hydrogen) atoms. The molecule has 0 spiro atoms. The number of hydrogen-bond acceptors (Lipinski definition) is 3. The summed E-state index contributed by atoms with van der Waals surface area (Å²) >= 11 is 0. The Labute approximate surface area is 185 Å². The van der Waals surface area contributed by atoms with E-state index >= 15 is 0 Å². The van der Waals surface area contributed by atoms with Crippen molar-refractivity contribution in [2.75, 3.05) is 6.61 Å². The summed E-state index contributed by atoms with van der Waals surface area (Å²) < 4.78 is 2.32. The Hall–Kier alpha value is -3.28. The summed E-state index contributed by atoms with van der Waals surface area (Å²) in [5, 5.41) is 34.9. The number of aliphatic hydroxyl groups is 2. The lowest BCUT2D eigenvalue weighted by atomic mass is 9.95. The van der Waals surface area contributed by atoms with E-state index < -0.39 is 6.10 Å². The van der Waals surface area contributed by atoms with Gasteiger partial charge in [0.2, 0.25) is 0 Å². The molecule has 1 aliphatic carbocycles. The van der Waals surface area contributed by atoms with Crippen LogP contribution in [0.5, 0.6) is 5.88 Å². The molecule has 5 nitrogen and oxygen atoms in total. The highest BCUT2D eigenvalue weighted by Crippen LogP contribution is 2.50. The molecule has 2 heterocycles. The van der Waals surface area contributed by atoms with E-state index in [1.54, 1.807) is 0 Å². The van der Waals surface area contributed by atoms with Crippen LogP contribution in [-0.2, 0) is 13.0 Å². The van der Waals surface area contributed by atoms with Gasteiger partial charge in [0, 0.05) is 53.0 Å². The van der Waals surface area contributed by atoms with E-state index in [2.05, 4.69) is 39.9 Å². The smallest absolute Gasteiger partial charge is 0.197 e. The van der Waals surface area contributed by atoms with Crippen LogP contribution in [0.4, 0.5) is 0 Å². The SMILES string of the molecule is CCC(O)c1ccc2c(c1)c1c3c[nH]c(O)c3c3c(c1n2CCCO)Cc1ccccc1-3. The number of nitrogens with one attached hydrogen (secondary N) is 1. The zero-order valence-corrected chi connectivity index (χ0v) is 18.0. The Morgan fingerprint density at radius 2 is 1.94 bits per heavy atom. The van der Waals surface area contributed by atoms with Crippen LogP contribution in [0.3, 0.4) is 0 Å². The number of aliphatic hydroxyl groups excluding tert-OH is 2. The van der Waals surface area contributed by atoms with Crippen molar-refractivity contribution in [3.8, 4) is 17.0 Å². The number of aromatic nitrogens is 2. The van der Waals surface area contributed by atoms with Crippen molar-refractivity contribution >= 4 is 32.6 Å². The van der Waals surface area contributed by atoms with Crippen molar-refractivity contribution in [2.45, 2.75) is 38.8 Å². The molecule has 6 rings (SSSR count). The molecule has 0 saturated heterocycles. The van der Waals surface area contributed by atoms with Crippen LogP contribution in [0.1, 0.15) is 42.6 Å². The summed E-state index contributed by atoms with van der Waals surface area (Å²) in [4.78, 5) is 3.05. The molecule has 3 aromatic carbocycles. The van der Waals surface area contributed by atoms with Gasteiger partial charge in [-0.15, -0.1) is 0 Å². The van der Waals surface area contributed by atoms with Gasteiger partial charge < -0.3 is 24.9 Å². The predicted octanol–water partition coefficient (Wildman–Crippen LogP) is 5.38. The van der Waals surface area contributed by atoms with Crippen molar-refractivity contribution in [2.24, 2.45) is 0 Å². The third-order valence-electron chi connectivity index (χ3n) is 7.02. The number of hydrogen-bond donors (Lipinski definition) is 4. The first-order chi connectivity index (χ1) is 15.6. The van der Waals surface area contributed by atoms with E-state index in [1.165, 1.54) is 16.7 Å². The van der Waals surface area contributed by atoms with E-state index in [9.17, 15) is 15.3 Å². The Bertz CT molecular complexity index is 1510. The van der Waals surface area contributed by atoms with Crippen LogP contribution >= 0.6 is 0 Å². The normalized spacial score (nSPS) is 13.8. The number of nitrogens with zero attached hydrogens (tertiary/aromatic N) is 1. The zero-order valence-electron chi connectivity index (χ0n) is 18.0. The summed E-state index contributed by atoms with van der Waals surface area (Å²) in [5.41, 5.74) is 7.90. The molecule has 162 valence electrons. The highest BCUT2D eigenvalue weighted by Gasteiger charge is 2.29. The molecule has 4 N–H and O–H groups in total. The molecular formula is C27H26N2O3. The van der Waals surface area contributed by atoms with Gasteiger partial charge in [0.05, 0.1) is 17.0 Å². The van der Waals surface area contributed by atoms with Gasteiger partial charge in [-0.2, -0.15) is 0 Å². The van der Waals surface area contributed by atoms with E-state index in [4.69, 9.17) is 0 Å². The van der Waals surface area contributed by atoms with Crippen molar-refractivity contribution < 1.29 is 15.3 Å². The van der Waals surface area contributed by atoms with Gasteiger partial charge in [-0.1, -0.05) is 37.3 Å². The Balaban J connectivity index is 1.81. The van der Waals surface area contributed by atoms with Crippen LogP contribution in [0.25, 0.3) is 43.7 Å². The number of benzene rings is 3. The van der Waals surface area contributed by atoms with E-state index in [1.807, 2.05) is 25.3 Å². The van der Waals surface area contributed by atoms with Gasteiger partial charge in [0.25, 0.3) is 0 Å². The highest BCUT2D eigenvalue weighted by molar-refractivity contribution is 6.27. The van der Waals surface area contributed by atoms with Gasteiger partial charge in [0.1, 0.15) is 0 Å². The fourth-order valence-corrected chi connectivity index (χ4v) is 5.57. The van der Waals surface area contributed by atoms with Gasteiger partial charge in [0.15, 0.2) is 5.88 Å². The van der Waals surface area contributed by atoms with E-state index in [0.29, 0.717) is 19.4 Å². The molecule has 0 bridgehead atoms. The van der Waals surface area contributed by atoms with Gasteiger partial charge in [-0.05, 0) is 47.2 Å². The van der Waals surface area contributed by atoms with Gasteiger partial charge in [-0.25, -0.2) is 0 Å². The third-order valence-corrected chi connectivity index (χ3v) is 7.02. The summed E-state index contributed by atoms with van der Waals surface area (Å²) in [7, 11) is 0. The second-order valence-corrected chi connectivity index (χ2v) is 8.77. The Kier molecular flexibility index (Phi) is 4.32. The Morgan fingerprint density at radius 3 is 2.75 bits per heavy atom. The summed E-state index contributed by atoms with van der Waals surface area (Å²) in [5.74, 6) is 0.191. The monoisotopic (exact) mass is 426 g/mol. The molecule has 2 aromatic heterocycles. The van der Waals surface area contributed by atoms with E-state index in [0.717, 1.165) is 50.1 Å². The summed E-state index contributed by atoms with van der Waals surface area (Å²) in [6, 6.07) is 14.6. The lowest BCUT2D eigenvalue weighted by Gasteiger charge is -2.12. The lowest BCUT2D eigenvalue weighted by molar-refractivity contribution is 0.174. The fraction of sp³-hybridized carbons (Fsp3) is 0.259. The predicted molar refractivity (Wildman–Crippen MR) is 128 cm³/mol. The van der Waals surface area contributed by atoms with Gasteiger partial charge in [-0.3, -0.25) is 0 Å². The molecule has 0 amide bonds. The number of H-pyrrole nitrogens is 1. The van der Waals surface area contributed by atoms with Crippen LogP contribution in [0, 0.1) is 0 Å². The average Bonchev–Trinajstić information content (AvgIpc) is 3.48. The molecule has 5 aromatic rings. The molecule has 1 atom stereocenters. The van der Waals surface area contributed by atoms with Crippen LogP contribution in [0.15, 0.2) is 48.7 Å². The van der Waals surface area contributed by atoms with E-state index in [-0.39, 0.29) is 12.5 Å². The lowest BCUT2D eigenvalue weighted by Crippen LogP contribution is -2.02. The molecule has 0 saturated carbocycles. The first-order valence-electron chi connectivity index (χ1n) is 11.3. The number of aryl methyl sites for hydroxylation is 1. The first kappa shape index (κ1) is 19.4. The first-order valence-corrected chi connectivity index (χ1v) is 11.3. The second-order valence-electron chi connectivity index (χ2n) is 8.77. The van der Waals surface area contributed by atoms with Crippen molar-refractivity contribution in [3.05, 3.63) is 65.4 Å². The molecule has 0 aliphatic heterocycles. The molecule has 0 fully saturated rings. The topological polar surface area (TPSA) is 81.4 Å². The standard InChI is InChI=1S/C27H26N2O3/c1-2-22(31)16-8-9-21-18(13-16)24-20-14-28-27(32)25(20)23-17-7-4-3-6-15(17)12-19(23)26(24)29(21)10-5-11-30/h3-4,6-9,13-14,22,28,30-32H,2,5,10-12H2,1H3. The molecule has 0 radical (unpaired) electrons.